The van der Waals surface area contributed by atoms with Crippen LogP contribution in [0.1, 0.15) is 42.5 Å². The quantitative estimate of drug-likeness (QED) is 0.928. The highest BCUT2D eigenvalue weighted by Gasteiger charge is 2.14. The fourth-order valence-corrected chi connectivity index (χ4v) is 2.65. The number of aliphatic hydroxyl groups excluding tert-OH is 1. The number of aryl methyl sites for hydroxylation is 1. The number of aliphatic hydroxyl groups is 1. The van der Waals surface area contributed by atoms with Gasteiger partial charge in [0.15, 0.2) is 0 Å². The van der Waals surface area contributed by atoms with E-state index in [1.165, 1.54) is 5.56 Å². The number of aromatic nitrogens is 2. The first-order valence-electron chi connectivity index (χ1n) is 6.48. The minimum atomic E-state index is -0.516. The van der Waals surface area contributed by atoms with Crippen molar-refractivity contribution in [1.82, 2.24) is 9.78 Å². The predicted octanol–water partition coefficient (Wildman–Crippen LogP) is 3.76. The summed E-state index contributed by atoms with van der Waals surface area (Å²) in [7, 11) is 0. The van der Waals surface area contributed by atoms with Gasteiger partial charge in [-0.1, -0.05) is 24.6 Å². The molecule has 0 saturated heterocycles. The third kappa shape index (κ3) is 2.53. The monoisotopic (exact) mass is 278 g/mol. The second-order valence-corrected chi connectivity index (χ2v) is 5.21. The van der Waals surface area contributed by atoms with Crippen LogP contribution < -0.4 is 0 Å². The van der Waals surface area contributed by atoms with E-state index in [0.717, 1.165) is 29.1 Å². The Balaban J connectivity index is 2.54. The lowest BCUT2D eigenvalue weighted by atomic mass is 10.1. The minimum absolute atomic E-state index is 0.516. The molecular weight excluding hydrogens is 260 g/mol. The molecular formula is C15H19ClN2O. The van der Waals surface area contributed by atoms with Crippen molar-refractivity contribution in [3.63, 3.8) is 0 Å². The van der Waals surface area contributed by atoms with Crippen LogP contribution in [0.5, 0.6) is 0 Å². The number of rotatable bonds is 3. The first-order valence-corrected chi connectivity index (χ1v) is 6.86. The van der Waals surface area contributed by atoms with Gasteiger partial charge < -0.3 is 5.11 Å². The molecule has 1 N–H and O–H groups in total. The topological polar surface area (TPSA) is 38.0 Å². The molecule has 1 aromatic carbocycles. The molecule has 0 aliphatic heterocycles. The summed E-state index contributed by atoms with van der Waals surface area (Å²) in [5.41, 5.74) is 5.08. The molecule has 0 aliphatic rings. The number of hydrogen-bond donors (Lipinski definition) is 1. The Morgan fingerprint density at radius 1 is 1.37 bits per heavy atom. The third-order valence-electron chi connectivity index (χ3n) is 3.48. The smallest absolute Gasteiger partial charge is 0.0835 e. The molecule has 1 heterocycles. The van der Waals surface area contributed by atoms with Gasteiger partial charge in [0.2, 0.25) is 0 Å². The van der Waals surface area contributed by atoms with Crippen molar-refractivity contribution in [2.75, 3.05) is 0 Å². The normalized spacial score (nSPS) is 12.7. The van der Waals surface area contributed by atoms with Crippen molar-refractivity contribution in [2.45, 2.75) is 40.2 Å². The highest BCUT2D eigenvalue weighted by molar-refractivity contribution is 6.32. The summed E-state index contributed by atoms with van der Waals surface area (Å²) in [4.78, 5) is 0. The third-order valence-corrected chi connectivity index (χ3v) is 3.78. The second-order valence-electron chi connectivity index (χ2n) is 4.80. The van der Waals surface area contributed by atoms with Crippen LogP contribution in [-0.2, 0) is 6.42 Å². The number of halogens is 1. The van der Waals surface area contributed by atoms with Crippen molar-refractivity contribution in [2.24, 2.45) is 0 Å². The van der Waals surface area contributed by atoms with E-state index in [1.54, 1.807) is 13.0 Å². The molecule has 0 fully saturated rings. The zero-order chi connectivity index (χ0) is 14.2. The lowest BCUT2D eigenvalue weighted by Crippen LogP contribution is -2.02. The summed E-state index contributed by atoms with van der Waals surface area (Å²) < 4.78 is 1.88. The summed E-state index contributed by atoms with van der Waals surface area (Å²) in [5.74, 6) is 0. The lowest BCUT2D eigenvalue weighted by molar-refractivity contribution is 0.199. The van der Waals surface area contributed by atoms with Crippen LogP contribution in [0, 0.1) is 13.8 Å². The van der Waals surface area contributed by atoms with E-state index in [1.807, 2.05) is 23.7 Å². The van der Waals surface area contributed by atoms with Gasteiger partial charge in [0.1, 0.15) is 0 Å². The van der Waals surface area contributed by atoms with Gasteiger partial charge in [-0.2, -0.15) is 5.10 Å². The lowest BCUT2D eigenvalue weighted by Gasteiger charge is -2.10. The number of hydrogen-bond acceptors (Lipinski definition) is 2. The molecule has 1 aromatic heterocycles. The zero-order valence-electron chi connectivity index (χ0n) is 11.7. The van der Waals surface area contributed by atoms with E-state index in [-0.39, 0.29) is 0 Å². The molecule has 0 saturated carbocycles. The largest absolute Gasteiger partial charge is 0.389 e. The molecule has 0 amide bonds. The Hall–Kier alpha value is -1.32. The highest BCUT2D eigenvalue weighted by atomic mass is 35.5. The molecule has 0 radical (unpaired) electrons. The molecule has 0 bridgehead atoms. The maximum atomic E-state index is 9.57. The van der Waals surface area contributed by atoms with Crippen LogP contribution in [0.25, 0.3) is 5.69 Å². The SMILES string of the molecule is CCc1c(C)nn(-c2ccc([C@H](C)O)cc2Cl)c1C. The molecule has 3 nitrogen and oxygen atoms in total. The fraction of sp³-hybridized carbons (Fsp3) is 0.400. The van der Waals surface area contributed by atoms with E-state index in [2.05, 4.69) is 18.9 Å². The van der Waals surface area contributed by atoms with E-state index in [4.69, 9.17) is 11.6 Å². The van der Waals surface area contributed by atoms with Gasteiger partial charge >= 0.3 is 0 Å². The van der Waals surface area contributed by atoms with Gasteiger partial charge in [-0.25, -0.2) is 4.68 Å². The van der Waals surface area contributed by atoms with Crippen molar-refractivity contribution in [3.05, 3.63) is 45.7 Å². The first kappa shape index (κ1) is 14.1. The molecule has 19 heavy (non-hydrogen) atoms. The molecule has 2 rings (SSSR count). The van der Waals surface area contributed by atoms with Gasteiger partial charge in [0.05, 0.1) is 22.5 Å². The van der Waals surface area contributed by atoms with Gasteiger partial charge in [-0.05, 0) is 50.5 Å². The maximum Gasteiger partial charge on any atom is 0.0835 e. The molecule has 0 spiro atoms. The Bertz CT molecular complexity index is 602. The minimum Gasteiger partial charge on any atom is -0.389 e. The molecule has 0 unspecified atom stereocenters. The van der Waals surface area contributed by atoms with Crippen molar-refractivity contribution in [1.29, 1.82) is 0 Å². The zero-order valence-corrected chi connectivity index (χ0v) is 12.5. The summed E-state index contributed by atoms with van der Waals surface area (Å²) >= 11 is 6.31. The van der Waals surface area contributed by atoms with Crippen molar-refractivity contribution >= 4 is 11.6 Å². The molecule has 0 aliphatic carbocycles. The van der Waals surface area contributed by atoms with Gasteiger partial charge in [-0.15, -0.1) is 0 Å². The van der Waals surface area contributed by atoms with Crippen molar-refractivity contribution < 1.29 is 5.11 Å². The van der Waals surface area contributed by atoms with Crippen LogP contribution in [-0.4, -0.2) is 14.9 Å². The number of nitrogens with zero attached hydrogens (tertiary/aromatic N) is 2. The van der Waals surface area contributed by atoms with Crippen LogP contribution >= 0.6 is 11.6 Å². The average molecular weight is 279 g/mol. The summed E-state index contributed by atoms with van der Waals surface area (Å²) in [6, 6.07) is 5.58. The Morgan fingerprint density at radius 2 is 2.05 bits per heavy atom. The summed E-state index contributed by atoms with van der Waals surface area (Å²) in [5, 5.41) is 14.7. The molecule has 102 valence electrons. The van der Waals surface area contributed by atoms with Crippen molar-refractivity contribution in [3.8, 4) is 5.69 Å². The van der Waals surface area contributed by atoms with E-state index in [9.17, 15) is 5.11 Å². The Labute approximate surface area is 118 Å². The van der Waals surface area contributed by atoms with Crippen LogP contribution in [0.4, 0.5) is 0 Å². The molecule has 4 heteroatoms. The summed E-state index contributed by atoms with van der Waals surface area (Å²) in [6.45, 7) is 7.92. The highest BCUT2D eigenvalue weighted by Crippen LogP contribution is 2.27. The Morgan fingerprint density at radius 3 is 2.53 bits per heavy atom. The first-order chi connectivity index (χ1) is 8.95. The van der Waals surface area contributed by atoms with E-state index >= 15 is 0 Å². The molecule has 1 atom stereocenters. The van der Waals surface area contributed by atoms with Crippen LogP contribution in [0.3, 0.4) is 0 Å². The van der Waals surface area contributed by atoms with E-state index in [0.29, 0.717) is 5.02 Å². The maximum absolute atomic E-state index is 9.57. The fourth-order valence-electron chi connectivity index (χ4n) is 2.38. The Kier molecular flexibility index (Phi) is 3.97. The van der Waals surface area contributed by atoms with E-state index < -0.39 is 6.10 Å². The van der Waals surface area contributed by atoms with Gasteiger partial charge in [0, 0.05) is 5.69 Å². The van der Waals surface area contributed by atoms with Crippen LogP contribution in [0.15, 0.2) is 18.2 Å². The van der Waals surface area contributed by atoms with Crippen LogP contribution in [0.2, 0.25) is 5.02 Å². The standard InChI is InChI=1S/C15H19ClN2O/c1-5-13-9(2)17-18(10(13)3)15-7-6-12(11(4)19)8-14(15)16/h6-8,11,19H,5H2,1-4H3/t11-/m0/s1. The number of benzene rings is 1. The molecule has 2 aromatic rings. The predicted molar refractivity (Wildman–Crippen MR) is 78.1 cm³/mol. The summed E-state index contributed by atoms with van der Waals surface area (Å²) in [6.07, 6.45) is 0.444. The van der Waals surface area contributed by atoms with Gasteiger partial charge in [0.25, 0.3) is 0 Å². The van der Waals surface area contributed by atoms with Gasteiger partial charge in [-0.3, -0.25) is 0 Å². The second kappa shape index (κ2) is 5.35. The average Bonchev–Trinajstić information content (AvgIpc) is 2.64.